The van der Waals surface area contributed by atoms with Crippen molar-refractivity contribution in [2.45, 2.75) is 27.2 Å². The second-order valence-electron chi connectivity index (χ2n) is 7.34. The maximum absolute atomic E-state index is 13.0. The number of hydrogen-bond donors (Lipinski definition) is 2. The van der Waals surface area contributed by atoms with Crippen LogP contribution in [0.1, 0.15) is 30.5 Å². The van der Waals surface area contributed by atoms with Gasteiger partial charge < -0.3 is 11.5 Å². The smallest absolute Gasteiger partial charge is 0.240 e. The maximum Gasteiger partial charge on any atom is 0.240 e. The molecular formula is C22H24N7O+. The van der Waals surface area contributed by atoms with Crippen LogP contribution in [0.3, 0.4) is 0 Å². The van der Waals surface area contributed by atoms with Crippen LogP contribution in [0.25, 0.3) is 10.8 Å². The van der Waals surface area contributed by atoms with E-state index in [-0.39, 0.29) is 18.1 Å². The van der Waals surface area contributed by atoms with Gasteiger partial charge in [0.05, 0.1) is 30.6 Å². The van der Waals surface area contributed by atoms with Crippen molar-refractivity contribution >= 4 is 45.6 Å². The number of nitriles is 1. The van der Waals surface area contributed by atoms with Gasteiger partial charge in [-0.1, -0.05) is 17.7 Å². The minimum absolute atomic E-state index is 0.118. The summed E-state index contributed by atoms with van der Waals surface area (Å²) in [6.45, 7) is 7.40. The summed E-state index contributed by atoms with van der Waals surface area (Å²) in [7, 11) is 0. The highest BCUT2D eigenvalue weighted by Gasteiger charge is 2.36. The molecule has 8 nitrogen and oxygen atoms in total. The lowest BCUT2D eigenvalue weighted by Gasteiger charge is -2.20. The number of anilines is 5. The fraction of sp³-hybridized carbons (Fsp3) is 0.273. The van der Waals surface area contributed by atoms with Crippen LogP contribution in [0.4, 0.5) is 29.0 Å². The van der Waals surface area contributed by atoms with Crippen LogP contribution in [0.2, 0.25) is 0 Å². The highest BCUT2D eigenvalue weighted by Crippen LogP contribution is 2.43. The Kier molecular flexibility index (Phi) is 4.66. The number of benzene rings is 1. The van der Waals surface area contributed by atoms with Gasteiger partial charge in [-0.2, -0.15) is 5.26 Å². The molecule has 1 amide bonds. The van der Waals surface area contributed by atoms with Crippen molar-refractivity contribution in [3.63, 3.8) is 0 Å². The number of carbonyl (C=O) groups excluding carboxylic acids is 1. The molecule has 1 aliphatic rings. The molecule has 0 radical (unpaired) electrons. The molecule has 0 spiro atoms. The SMILES string of the molecule is CCN(CC)c1[nH+]c(N)c2c(N)nc3c(c2c1C#N)CC(=O)N3c1ccc(C)cc1. The van der Waals surface area contributed by atoms with Gasteiger partial charge >= 0.3 is 0 Å². The number of rotatable bonds is 4. The quantitative estimate of drug-likeness (QED) is 0.690. The molecule has 152 valence electrons. The van der Waals surface area contributed by atoms with Gasteiger partial charge in [0.2, 0.25) is 17.5 Å². The summed E-state index contributed by atoms with van der Waals surface area (Å²) in [4.78, 5) is 24.2. The van der Waals surface area contributed by atoms with E-state index < -0.39 is 0 Å². The highest BCUT2D eigenvalue weighted by molar-refractivity contribution is 6.15. The first-order valence-electron chi connectivity index (χ1n) is 9.92. The summed E-state index contributed by atoms with van der Waals surface area (Å²) in [5.74, 6) is 1.49. The van der Waals surface area contributed by atoms with Crippen LogP contribution < -0.4 is 26.3 Å². The van der Waals surface area contributed by atoms with Crippen LogP contribution in [0.5, 0.6) is 0 Å². The third kappa shape index (κ3) is 2.78. The number of nitrogen functional groups attached to an aromatic ring is 2. The zero-order valence-corrected chi connectivity index (χ0v) is 17.3. The highest BCUT2D eigenvalue weighted by atomic mass is 16.2. The van der Waals surface area contributed by atoms with E-state index in [9.17, 15) is 10.1 Å². The molecule has 0 saturated heterocycles. The molecule has 0 aliphatic carbocycles. The van der Waals surface area contributed by atoms with Crippen LogP contribution in [0.15, 0.2) is 24.3 Å². The summed E-state index contributed by atoms with van der Waals surface area (Å²) in [6.07, 6.45) is 0.128. The van der Waals surface area contributed by atoms with Crippen LogP contribution >= 0.6 is 0 Å². The minimum atomic E-state index is -0.118. The van der Waals surface area contributed by atoms with Crippen molar-refractivity contribution in [3.8, 4) is 6.07 Å². The normalized spacial score (nSPS) is 12.9. The lowest BCUT2D eigenvalue weighted by molar-refractivity contribution is -0.344. The monoisotopic (exact) mass is 402 g/mol. The van der Waals surface area contributed by atoms with Crippen LogP contribution in [0, 0.1) is 18.3 Å². The predicted molar refractivity (Wildman–Crippen MR) is 117 cm³/mol. The first-order chi connectivity index (χ1) is 14.4. The summed E-state index contributed by atoms with van der Waals surface area (Å²) >= 11 is 0. The first-order valence-corrected chi connectivity index (χ1v) is 9.92. The molecule has 0 saturated carbocycles. The second kappa shape index (κ2) is 7.19. The van der Waals surface area contributed by atoms with E-state index in [0.717, 1.165) is 5.56 Å². The van der Waals surface area contributed by atoms with Gasteiger partial charge in [0.15, 0.2) is 0 Å². The van der Waals surface area contributed by atoms with Crippen LogP contribution in [-0.2, 0) is 11.2 Å². The number of nitrogens with two attached hydrogens (primary N) is 2. The number of aryl methyl sites for hydroxylation is 1. The molecule has 0 atom stereocenters. The number of pyridine rings is 2. The molecule has 3 heterocycles. The van der Waals surface area contributed by atoms with Crippen molar-refractivity contribution in [2.24, 2.45) is 0 Å². The van der Waals surface area contributed by atoms with E-state index in [4.69, 9.17) is 11.5 Å². The van der Waals surface area contributed by atoms with Gasteiger partial charge in [-0.3, -0.25) is 14.6 Å². The Labute approximate surface area is 174 Å². The summed E-state index contributed by atoms with van der Waals surface area (Å²) < 4.78 is 0. The average molecular weight is 402 g/mol. The molecule has 8 heteroatoms. The molecule has 2 aromatic heterocycles. The summed E-state index contributed by atoms with van der Waals surface area (Å²) in [5.41, 5.74) is 15.5. The van der Waals surface area contributed by atoms with Crippen LogP contribution in [-0.4, -0.2) is 24.0 Å². The molecule has 0 fully saturated rings. The molecule has 3 aromatic rings. The fourth-order valence-electron chi connectivity index (χ4n) is 4.09. The molecule has 30 heavy (non-hydrogen) atoms. The first kappa shape index (κ1) is 19.5. The topological polar surface area (TPSA) is 126 Å². The Balaban J connectivity index is 2.06. The summed E-state index contributed by atoms with van der Waals surface area (Å²) in [5, 5.41) is 11.1. The van der Waals surface area contributed by atoms with Crippen molar-refractivity contribution in [1.29, 1.82) is 5.26 Å². The Hall–Kier alpha value is -3.86. The molecular weight excluding hydrogens is 378 g/mol. The van der Waals surface area contributed by atoms with Crippen molar-refractivity contribution in [1.82, 2.24) is 4.98 Å². The van der Waals surface area contributed by atoms with Gasteiger partial charge in [0, 0.05) is 10.9 Å². The zero-order chi connectivity index (χ0) is 21.6. The van der Waals surface area contributed by atoms with E-state index in [1.165, 1.54) is 0 Å². The van der Waals surface area contributed by atoms with Gasteiger partial charge in [0.25, 0.3) is 0 Å². The largest absolute Gasteiger partial charge is 0.383 e. The van der Waals surface area contributed by atoms with E-state index in [0.29, 0.717) is 58.1 Å². The zero-order valence-electron chi connectivity index (χ0n) is 17.3. The lowest BCUT2D eigenvalue weighted by atomic mass is 10.0. The van der Waals surface area contributed by atoms with Crippen molar-refractivity contribution < 1.29 is 9.78 Å². The standard InChI is InChI=1S/C22H23N7O/c1-4-28(5-2)21-15(11-23)17-14-10-16(30)29(13-8-6-12(3)7-9-13)22(14)27-20(25)18(17)19(24)26-21/h6-9H,4-5,10H2,1-3H3,(H2,24,26)(H2,25,27)/p+1. The molecule has 1 aliphatic heterocycles. The predicted octanol–water partition coefficient (Wildman–Crippen LogP) is 2.46. The molecule has 0 unspecified atom stereocenters. The number of nitrogens with one attached hydrogen (secondary N) is 1. The van der Waals surface area contributed by atoms with Gasteiger partial charge in [-0.15, -0.1) is 0 Å². The minimum Gasteiger partial charge on any atom is -0.383 e. The van der Waals surface area contributed by atoms with E-state index >= 15 is 0 Å². The number of amides is 1. The lowest BCUT2D eigenvalue weighted by Crippen LogP contribution is -2.31. The fourth-order valence-corrected chi connectivity index (χ4v) is 4.09. The number of fused-ring (bicyclic) bond motifs is 3. The average Bonchev–Trinajstić information content (AvgIpc) is 3.05. The number of aromatic amines is 1. The Morgan fingerprint density at radius 3 is 2.47 bits per heavy atom. The second-order valence-corrected chi connectivity index (χ2v) is 7.34. The van der Waals surface area contributed by atoms with E-state index in [2.05, 4.69) is 16.0 Å². The molecule has 1 aromatic carbocycles. The van der Waals surface area contributed by atoms with Gasteiger partial charge in [0.1, 0.15) is 23.3 Å². The molecule has 0 bridgehead atoms. The third-order valence-electron chi connectivity index (χ3n) is 5.59. The Morgan fingerprint density at radius 1 is 1.20 bits per heavy atom. The van der Waals surface area contributed by atoms with Gasteiger partial charge in [-0.25, -0.2) is 9.97 Å². The number of carbonyl (C=O) groups is 1. The number of hydrogen-bond acceptors (Lipinski definition) is 6. The molecule has 4 rings (SSSR count). The van der Waals surface area contributed by atoms with Crippen molar-refractivity contribution in [2.75, 3.05) is 34.4 Å². The summed E-state index contributed by atoms with van der Waals surface area (Å²) in [6, 6.07) is 9.95. The number of H-pyrrole nitrogens is 1. The Morgan fingerprint density at radius 2 is 1.87 bits per heavy atom. The maximum atomic E-state index is 13.0. The van der Waals surface area contributed by atoms with Gasteiger partial charge in [-0.05, 0) is 32.9 Å². The number of aromatic nitrogens is 2. The van der Waals surface area contributed by atoms with E-state index in [1.54, 1.807) is 4.90 Å². The Bertz CT molecular complexity index is 1210. The number of nitrogens with zero attached hydrogens (tertiary/aromatic N) is 4. The third-order valence-corrected chi connectivity index (χ3v) is 5.59. The van der Waals surface area contributed by atoms with E-state index in [1.807, 2.05) is 49.9 Å². The van der Waals surface area contributed by atoms with Crippen molar-refractivity contribution in [3.05, 3.63) is 41.0 Å². The molecule has 5 N–H and O–H groups in total.